The van der Waals surface area contributed by atoms with Crippen molar-refractivity contribution in [2.24, 2.45) is 0 Å². The van der Waals surface area contributed by atoms with E-state index in [2.05, 4.69) is 20.4 Å². The second-order valence-electron chi connectivity index (χ2n) is 5.15. The van der Waals surface area contributed by atoms with Crippen molar-refractivity contribution in [1.29, 1.82) is 0 Å². The van der Waals surface area contributed by atoms with Gasteiger partial charge in [-0.2, -0.15) is 5.10 Å². The van der Waals surface area contributed by atoms with Crippen LogP contribution in [-0.4, -0.2) is 25.5 Å². The summed E-state index contributed by atoms with van der Waals surface area (Å²) in [6, 6.07) is 6.98. The van der Waals surface area contributed by atoms with Crippen LogP contribution in [0.2, 0.25) is 0 Å². The molecule has 1 saturated carbocycles. The van der Waals surface area contributed by atoms with Crippen molar-refractivity contribution in [3.8, 4) is 0 Å². The summed E-state index contributed by atoms with van der Waals surface area (Å²) in [7, 11) is 0. The highest BCUT2D eigenvalue weighted by atomic mass is 16.1. The van der Waals surface area contributed by atoms with Gasteiger partial charge in [0.15, 0.2) is 5.65 Å². The lowest BCUT2D eigenvalue weighted by molar-refractivity contribution is 0.102. The third-order valence-corrected chi connectivity index (χ3v) is 3.51. The SMILES string of the molecule is O=C(Nc1ccncc1)c1ccc2nc(C3CC3)cn2n1. The fourth-order valence-corrected chi connectivity index (χ4v) is 2.23. The van der Waals surface area contributed by atoms with E-state index in [0.717, 1.165) is 11.3 Å². The van der Waals surface area contributed by atoms with Gasteiger partial charge in [-0.25, -0.2) is 9.50 Å². The molecule has 0 aliphatic heterocycles. The Morgan fingerprint density at radius 2 is 2.00 bits per heavy atom. The smallest absolute Gasteiger partial charge is 0.276 e. The van der Waals surface area contributed by atoms with E-state index in [1.165, 1.54) is 12.8 Å². The number of anilines is 1. The van der Waals surface area contributed by atoms with Gasteiger partial charge in [0.25, 0.3) is 5.91 Å². The van der Waals surface area contributed by atoms with Crippen molar-refractivity contribution < 1.29 is 4.79 Å². The Morgan fingerprint density at radius 3 is 2.76 bits per heavy atom. The zero-order valence-corrected chi connectivity index (χ0v) is 11.2. The number of carbonyl (C=O) groups excluding carboxylic acids is 1. The number of nitrogens with one attached hydrogen (secondary N) is 1. The molecule has 104 valence electrons. The zero-order chi connectivity index (χ0) is 14.2. The molecule has 4 rings (SSSR count). The molecule has 6 heteroatoms. The van der Waals surface area contributed by atoms with E-state index < -0.39 is 0 Å². The normalized spacial score (nSPS) is 14.3. The lowest BCUT2D eigenvalue weighted by Gasteiger charge is -2.04. The van der Waals surface area contributed by atoms with E-state index >= 15 is 0 Å². The van der Waals surface area contributed by atoms with Crippen LogP contribution in [0.15, 0.2) is 42.9 Å². The third-order valence-electron chi connectivity index (χ3n) is 3.51. The Hall–Kier alpha value is -2.76. The highest BCUT2D eigenvalue weighted by Gasteiger charge is 2.26. The molecule has 1 fully saturated rings. The van der Waals surface area contributed by atoms with Crippen molar-refractivity contribution in [2.75, 3.05) is 5.32 Å². The highest BCUT2D eigenvalue weighted by molar-refractivity contribution is 6.02. The van der Waals surface area contributed by atoms with Crippen molar-refractivity contribution in [2.45, 2.75) is 18.8 Å². The molecule has 1 N–H and O–H groups in total. The number of aromatic nitrogens is 4. The Kier molecular flexibility index (Phi) is 2.67. The van der Waals surface area contributed by atoms with Crippen LogP contribution >= 0.6 is 0 Å². The summed E-state index contributed by atoms with van der Waals surface area (Å²) in [5.74, 6) is 0.325. The second-order valence-corrected chi connectivity index (χ2v) is 5.15. The van der Waals surface area contributed by atoms with Gasteiger partial charge in [-0.1, -0.05) is 0 Å². The summed E-state index contributed by atoms with van der Waals surface area (Å²) >= 11 is 0. The Morgan fingerprint density at radius 1 is 1.19 bits per heavy atom. The van der Waals surface area contributed by atoms with Gasteiger partial charge in [0, 0.05) is 24.0 Å². The molecule has 1 aliphatic rings. The van der Waals surface area contributed by atoms with E-state index in [4.69, 9.17) is 0 Å². The Balaban J connectivity index is 1.62. The molecular weight excluding hydrogens is 266 g/mol. The summed E-state index contributed by atoms with van der Waals surface area (Å²) < 4.78 is 1.68. The fraction of sp³-hybridized carbons (Fsp3) is 0.200. The average Bonchev–Trinajstić information content (AvgIpc) is 3.27. The molecular formula is C15H13N5O. The maximum absolute atomic E-state index is 12.2. The second kappa shape index (κ2) is 4.66. The minimum absolute atomic E-state index is 0.246. The molecule has 0 saturated heterocycles. The van der Waals surface area contributed by atoms with Gasteiger partial charge in [-0.3, -0.25) is 9.78 Å². The van der Waals surface area contributed by atoms with Gasteiger partial charge in [0.2, 0.25) is 0 Å². The van der Waals surface area contributed by atoms with Crippen LogP contribution in [-0.2, 0) is 0 Å². The number of imidazole rings is 1. The summed E-state index contributed by atoms with van der Waals surface area (Å²) in [5.41, 5.74) is 2.90. The number of pyridine rings is 1. The minimum Gasteiger partial charge on any atom is -0.320 e. The van der Waals surface area contributed by atoms with E-state index in [1.54, 1.807) is 35.1 Å². The monoisotopic (exact) mass is 279 g/mol. The molecule has 0 atom stereocenters. The Labute approximate surface area is 120 Å². The number of nitrogens with zero attached hydrogens (tertiary/aromatic N) is 4. The van der Waals surface area contributed by atoms with Crippen LogP contribution in [0.4, 0.5) is 5.69 Å². The van der Waals surface area contributed by atoms with Crippen LogP contribution in [0.1, 0.15) is 34.9 Å². The lowest BCUT2D eigenvalue weighted by atomic mass is 10.3. The van der Waals surface area contributed by atoms with Gasteiger partial charge in [-0.15, -0.1) is 0 Å². The van der Waals surface area contributed by atoms with Gasteiger partial charge in [-0.05, 0) is 37.1 Å². The maximum atomic E-state index is 12.2. The van der Waals surface area contributed by atoms with Gasteiger partial charge in [0.05, 0.1) is 11.9 Å². The van der Waals surface area contributed by atoms with Gasteiger partial charge < -0.3 is 5.32 Å². The molecule has 0 unspecified atom stereocenters. The molecule has 3 heterocycles. The number of rotatable bonds is 3. The summed E-state index contributed by atoms with van der Waals surface area (Å²) in [6.07, 6.45) is 7.56. The molecule has 0 spiro atoms. The zero-order valence-electron chi connectivity index (χ0n) is 11.2. The van der Waals surface area contributed by atoms with Crippen molar-refractivity contribution in [3.05, 3.63) is 54.2 Å². The number of hydrogen-bond acceptors (Lipinski definition) is 4. The van der Waals surface area contributed by atoms with E-state index in [1.807, 2.05) is 12.3 Å². The van der Waals surface area contributed by atoms with Crippen molar-refractivity contribution in [3.63, 3.8) is 0 Å². The molecule has 0 radical (unpaired) electrons. The maximum Gasteiger partial charge on any atom is 0.276 e. The first-order valence-corrected chi connectivity index (χ1v) is 6.87. The van der Waals surface area contributed by atoms with E-state index in [0.29, 0.717) is 17.3 Å². The molecule has 6 nitrogen and oxygen atoms in total. The van der Waals surface area contributed by atoms with E-state index in [9.17, 15) is 4.79 Å². The van der Waals surface area contributed by atoms with Crippen LogP contribution in [0.25, 0.3) is 5.65 Å². The topological polar surface area (TPSA) is 72.2 Å². The number of fused-ring (bicyclic) bond motifs is 1. The summed E-state index contributed by atoms with van der Waals surface area (Å²) in [6.45, 7) is 0. The predicted molar refractivity (Wildman–Crippen MR) is 77.2 cm³/mol. The first-order chi connectivity index (χ1) is 10.3. The molecule has 0 aromatic carbocycles. The average molecular weight is 279 g/mol. The molecule has 0 bridgehead atoms. The highest BCUT2D eigenvalue weighted by Crippen LogP contribution is 2.39. The largest absolute Gasteiger partial charge is 0.320 e. The lowest BCUT2D eigenvalue weighted by Crippen LogP contribution is -2.15. The number of carbonyl (C=O) groups is 1. The number of amides is 1. The van der Waals surface area contributed by atoms with Gasteiger partial charge in [0.1, 0.15) is 5.69 Å². The first-order valence-electron chi connectivity index (χ1n) is 6.87. The third kappa shape index (κ3) is 2.35. The van der Waals surface area contributed by atoms with E-state index in [-0.39, 0.29) is 5.91 Å². The van der Waals surface area contributed by atoms with Crippen LogP contribution in [0.3, 0.4) is 0 Å². The first kappa shape index (κ1) is 12.0. The summed E-state index contributed by atoms with van der Waals surface area (Å²) in [4.78, 5) is 20.6. The van der Waals surface area contributed by atoms with Gasteiger partial charge >= 0.3 is 0 Å². The van der Waals surface area contributed by atoms with Crippen molar-refractivity contribution >= 4 is 17.2 Å². The minimum atomic E-state index is -0.246. The molecule has 21 heavy (non-hydrogen) atoms. The van der Waals surface area contributed by atoms with Crippen LogP contribution in [0, 0.1) is 0 Å². The summed E-state index contributed by atoms with van der Waals surface area (Å²) in [5, 5.41) is 7.12. The fourth-order valence-electron chi connectivity index (χ4n) is 2.23. The number of hydrogen-bond donors (Lipinski definition) is 1. The molecule has 1 amide bonds. The van der Waals surface area contributed by atoms with Crippen LogP contribution in [0.5, 0.6) is 0 Å². The van der Waals surface area contributed by atoms with Crippen molar-refractivity contribution in [1.82, 2.24) is 19.6 Å². The molecule has 1 aliphatic carbocycles. The quantitative estimate of drug-likeness (QED) is 0.798. The molecule has 3 aromatic rings. The molecule has 3 aromatic heterocycles. The van der Waals surface area contributed by atoms with Crippen LogP contribution < -0.4 is 5.32 Å². The predicted octanol–water partition coefficient (Wildman–Crippen LogP) is 2.25. The standard InChI is InChI=1S/C15H13N5O/c21-15(17-11-5-7-16-8-6-11)12-3-4-14-18-13(10-1-2-10)9-20(14)19-12/h3-10H,1-2H2,(H,16,17,21). The Bertz CT molecular complexity index is 807.